The van der Waals surface area contributed by atoms with Gasteiger partial charge >= 0.3 is 0 Å². The van der Waals surface area contributed by atoms with Gasteiger partial charge in [-0.2, -0.15) is 0 Å². The van der Waals surface area contributed by atoms with E-state index in [0.29, 0.717) is 31.8 Å². The van der Waals surface area contributed by atoms with Gasteiger partial charge < -0.3 is 20.9 Å². The van der Waals surface area contributed by atoms with Crippen molar-refractivity contribution < 1.29 is 42.0 Å². The third kappa shape index (κ3) is 11.8. The first kappa shape index (κ1) is 44.5. The number of amides is 7. The number of thioether (sulfide) groups is 1. The molecule has 5 aliphatic heterocycles. The van der Waals surface area contributed by atoms with E-state index in [2.05, 4.69) is 26.6 Å². The van der Waals surface area contributed by atoms with Crippen LogP contribution in [0, 0.1) is 11.8 Å². The lowest BCUT2D eigenvalue weighted by Crippen LogP contribution is -2.54. The first-order valence-electron chi connectivity index (χ1n) is 21.1. The van der Waals surface area contributed by atoms with Crippen LogP contribution in [0.5, 0.6) is 0 Å². The molecule has 5 unspecified atom stereocenters. The number of anilines is 1. The van der Waals surface area contributed by atoms with E-state index in [9.17, 15) is 42.0 Å². The topological polar surface area (TPSA) is 224 Å². The van der Waals surface area contributed by atoms with Gasteiger partial charge in [0.15, 0.2) is 0 Å². The smallest absolute Gasteiger partial charge is 0.262 e. The summed E-state index contributed by atoms with van der Waals surface area (Å²) in [5.74, 6) is -1.81. The van der Waals surface area contributed by atoms with Crippen molar-refractivity contribution in [3.05, 3.63) is 29.3 Å². The molecule has 59 heavy (non-hydrogen) atoms. The number of likely N-dealkylation sites (tertiary alicyclic amines) is 1. The fourth-order valence-corrected chi connectivity index (χ4v) is 10.7. The third-order valence-electron chi connectivity index (χ3n) is 12.0. The molecule has 0 spiro atoms. The number of fused-ring (bicyclic) bond motifs is 1. The summed E-state index contributed by atoms with van der Waals surface area (Å²) in [4.78, 5) is 90.9. The van der Waals surface area contributed by atoms with Crippen LogP contribution in [-0.4, -0.2) is 133 Å². The lowest BCUT2D eigenvalue weighted by atomic mass is 9.91. The van der Waals surface area contributed by atoms with Gasteiger partial charge in [0.1, 0.15) is 11.5 Å². The molecule has 7 amide bonds. The molecule has 5 heterocycles. The molecule has 0 radical (unpaired) electrons. The molecule has 19 heteroatoms. The number of piperidine rings is 2. The van der Waals surface area contributed by atoms with Gasteiger partial charge in [0.25, 0.3) is 11.8 Å². The highest BCUT2D eigenvalue weighted by Gasteiger charge is 2.45. The molecule has 5 atom stereocenters. The van der Waals surface area contributed by atoms with E-state index in [1.54, 1.807) is 30.0 Å². The molecule has 5 aliphatic rings. The van der Waals surface area contributed by atoms with Crippen LogP contribution in [0.15, 0.2) is 18.2 Å². The van der Waals surface area contributed by atoms with E-state index in [4.69, 9.17) is 0 Å². The molecular formula is C40H58N8O9S2. The summed E-state index contributed by atoms with van der Waals surface area (Å²) in [5.41, 5.74) is 0.991. The molecule has 5 N–H and O–H groups in total. The van der Waals surface area contributed by atoms with Crippen LogP contribution in [0.3, 0.4) is 0 Å². The van der Waals surface area contributed by atoms with Crippen molar-refractivity contribution in [1.82, 2.24) is 35.4 Å². The fourth-order valence-electron chi connectivity index (χ4n) is 8.60. The average molecular weight is 859 g/mol. The number of imide groups is 2. The Labute approximate surface area is 350 Å². The summed E-state index contributed by atoms with van der Waals surface area (Å²) >= 11 is 1.61. The largest absolute Gasteiger partial charge is 0.385 e. The quantitative estimate of drug-likeness (QED) is 0.0992. The van der Waals surface area contributed by atoms with E-state index >= 15 is 0 Å². The lowest BCUT2D eigenvalue weighted by Gasteiger charge is -2.36. The highest BCUT2D eigenvalue weighted by molar-refractivity contribution is 8.00. The maximum Gasteiger partial charge on any atom is 0.262 e. The predicted molar refractivity (Wildman–Crippen MR) is 221 cm³/mol. The summed E-state index contributed by atoms with van der Waals surface area (Å²) in [7, 11) is -3.34. The standard InChI is InChI=1S/C40H58N8O9S2/c1-59(56,57)47-20-17-27(24-47)36(52)42-22-34(50)45-40-43-31(25-58-40)26-11-10-19-46(23-26)35(51)12-8-6-4-2-3-5-7-9-18-41-28-13-14-29-30(21-28)39(55)48(38(29)54)32-15-16-33(49)44-37(32)53/h13-14,21,26-27,31-32,40-41,43H,2-12,15-20,22-25H2,1H3,(H,42,52)(H,45,50)(H,44,49,53). The van der Waals surface area contributed by atoms with Crippen LogP contribution >= 0.6 is 11.8 Å². The van der Waals surface area contributed by atoms with Gasteiger partial charge in [0, 0.05) is 63.0 Å². The van der Waals surface area contributed by atoms with Crippen molar-refractivity contribution >= 4 is 68.8 Å². The predicted octanol–water partition coefficient (Wildman–Crippen LogP) is 1.75. The van der Waals surface area contributed by atoms with Crippen LogP contribution in [0.2, 0.25) is 0 Å². The fraction of sp³-hybridized carbons (Fsp3) is 0.675. The van der Waals surface area contributed by atoms with E-state index in [0.717, 1.165) is 99.9 Å². The molecule has 4 fully saturated rings. The molecule has 0 aromatic heterocycles. The highest BCUT2D eigenvalue weighted by Crippen LogP contribution is 2.31. The highest BCUT2D eigenvalue weighted by atomic mass is 32.2. The Balaban J connectivity index is 0.778. The second-order valence-electron chi connectivity index (χ2n) is 16.3. The Kier molecular flexibility index (Phi) is 15.4. The first-order valence-corrected chi connectivity index (χ1v) is 24.0. The molecule has 324 valence electrons. The van der Waals surface area contributed by atoms with Gasteiger partial charge in [-0.15, -0.1) is 11.8 Å². The van der Waals surface area contributed by atoms with Crippen molar-refractivity contribution in [2.45, 2.75) is 107 Å². The normalized spacial score (nSPS) is 24.9. The molecule has 17 nitrogen and oxygen atoms in total. The Bertz CT molecular complexity index is 1880. The van der Waals surface area contributed by atoms with Crippen molar-refractivity contribution in [3.63, 3.8) is 0 Å². The number of rotatable bonds is 19. The molecule has 4 saturated heterocycles. The SMILES string of the molecule is CS(=O)(=O)N1CCC(C(=O)NCC(=O)NC2NC(C3CCCN(C(=O)CCCCCCCCCCNc4ccc5c(c4)C(=O)N(C4CCC(=O)NC4=O)C5=O)C3)CS2)C1. The minimum Gasteiger partial charge on any atom is -0.385 e. The second-order valence-corrected chi connectivity index (χ2v) is 19.5. The van der Waals surface area contributed by atoms with E-state index in [-0.39, 0.29) is 66.3 Å². The zero-order valence-electron chi connectivity index (χ0n) is 33.8. The van der Waals surface area contributed by atoms with Crippen molar-refractivity contribution in [2.75, 3.05) is 56.6 Å². The summed E-state index contributed by atoms with van der Waals surface area (Å²) in [6, 6.07) is 4.23. The van der Waals surface area contributed by atoms with Crippen LogP contribution in [0.25, 0.3) is 0 Å². The maximum atomic E-state index is 13.1. The van der Waals surface area contributed by atoms with Gasteiger partial charge in [-0.25, -0.2) is 12.7 Å². The van der Waals surface area contributed by atoms with Gasteiger partial charge in [-0.1, -0.05) is 38.5 Å². The Morgan fingerprint density at radius 2 is 1.61 bits per heavy atom. The third-order valence-corrected chi connectivity index (χ3v) is 14.4. The molecular weight excluding hydrogens is 801 g/mol. The molecule has 0 saturated carbocycles. The second kappa shape index (κ2) is 20.5. The van der Waals surface area contributed by atoms with Crippen LogP contribution in [0.4, 0.5) is 5.69 Å². The molecule has 6 rings (SSSR count). The number of nitrogens with one attached hydrogen (secondary N) is 5. The lowest BCUT2D eigenvalue weighted by molar-refractivity contribution is -0.136. The number of carbonyl (C=O) groups excluding carboxylic acids is 7. The monoisotopic (exact) mass is 858 g/mol. The Morgan fingerprint density at radius 1 is 0.881 bits per heavy atom. The zero-order chi connectivity index (χ0) is 42.1. The van der Waals surface area contributed by atoms with E-state index in [1.807, 2.05) is 4.90 Å². The summed E-state index contributed by atoms with van der Waals surface area (Å²) in [6.07, 6.45) is 12.7. The summed E-state index contributed by atoms with van der Waals surface area (Å²) in [5, 5.41) is 14.6. The Hall–Kier alpha value is -4.07. The van der Waals surface area contributed by atoms with Crippen molar-refractivity contribution in [3.8, 4) is 0 Å². The van der Waals surface area contributed by atoms with Crippen molar-refractivity contribution in [2.24, 2.45) is 11.8 Å². The number of benzene rings is 1. The number of hydrogen-bond acceptors (Lipinski definition) is 12. The van der Waals surface area contributed by atoms with Crippen molar-refractivity contribution in [1.29, 1.82) is 0 Å². The number of sulfonamides is 1. The van der Waals surface area contributed by atoms with Gasteiger partial charge in [0.05, 0.1) is 29.8 Å². The van der Waals surface area contributed by atoms with Gasteiger partial charge in [-0.05, 0) is 62.6 Å². The number of nitrogens with zero attached hydrogens (tertiary/aromatic N) is 3. The zero-order valence-corrected chi connectivity index (χ0v) is 35.4. The van der Waals surface area contributed by atoms with E-state index in [1.165, 1.54) is 4.31 Å². The number of unbranched alkanes of at least 4 members (excludes halogenated alkanes) is 7. The van der Waals surface area contributed by atoms with E-state index < -0.39 is 45.6 Å². The minimum absolute atomic E-state index is 0.0829. The molecule has 1 aromatic carbocycles. The summed E-state index contributed by atoms with van der Waals surface area (Å²) < 4.78 is 24.7. The van der Waals surface area contributed by atoms with Crippen LogP contribution in [0.1, 0.15) is 111 Å². The maximum absolute atomic E-state index is 13.1. The first-order chi connectivity index (χ1) is 28.3. The van der Waals surface area contributed by atoms with Crippen LogP contribution in [-0.2, 0) is 34.0 Å². The Morgan fingerprint density at radius 3 is 2.34 bits per heavy atom. The number of carbonyl (C=O) groups is 7. The summed E-state index contributed by atoms with van der Waals surface area (Å²) in [6.45, 7) is 2.48. The number of hydrogen-bond donors (Lipinski definition) is 5. The molecule has 1 aromatic rings. The average Bonchev–Trinajstić information content (AvgIpc) is 3.95. The minimum atomic E-state index is -3.34. The molecule has 0 bridgehead atoms. The van der Waals surface area contributed by atoms with Gasteiger partial charge in [-0.3, -0.25) is 49.1 Å². The molecule has 0 aliphatic carbocycles. The van der Waals surface area contributed by atoms with Crippen LogP contribution < -0.4 is 26.6 Å². The van der Waals surface area contributed by atoms with Gasteiger partial charge in [0.2, 0.25) is 39.6 Å².